The molecule has 47 heavy (non-hydrogen) atoms. The average molecular weight is 660 g/mol. The van der Waals surface area contributed by atoms with Gasteiger partial charge in [0.2, 0.25) is 0 Å². The van der Waals surface area contributed by atoms with Gasteiger partial charge in [0.25, 0.3) is 0 Å². The summed E-state index contributed by atoms with van der Waals surface area (Å²) in [6.07, 6.45) is 10.1. The summed E-state index contributed by atoms with van der Waals surface area (Å²) in [4.78, 5) is 72.1. The zero-order chi connectivity index (χ0) is 35.9. The SMILES string of the molecule is CCN(CC)CCCNc1ncc(C)c2[nH]c3ccncc3c12.O=C(O)/C=C\C(=O)O.O=C(O)/C=C\C(=O)O.O=C(O)/C=C\C(=O)O. The van der Waals surface area contributed by atoms with E-state index in [9.17, 15) is 28.8 Å². The number of nitrogens with one attached hydrogen (secondary N) is 2. The average Bonchev–Trinajstić information content (AvgIpc) is 3.41. The van der Waals surface area contributed by atoms with Gasteiger partial charge in [-0.25, -0.2) is 33.8 Å². The summed E-state index contributed by atoms with van der Waals surface area (Å²) in [5.41, 5.74) is 3.41. The lowest BCUT2D eigenvalue weighted by Crippen LogP contribution is -2.25. The molecule has 17 nitrogen and oxygen atoms in total. The third-order valence-corrected chi connectivity index (χ3v) is 5.56. The molecular weight excluding hydrogens is 622 g/mol. The van der Waals surface area contributed by atoms with Gasteiger partial charge in [0.05, 0.1) is 10.9 Å². The summed E-state index contributed by atoms with van der Waals surface area (Å²) in [7, 11) is 0. The van der Waals surface area contributed by atoms with Crippen molar-refractivity contribution in [2.45, 2.75) is 27.2 Å². The van der Waals surface area contributed by atoms with Gasteiger partial charge in [-0.2, -0.15) is 0 Å². The Hall–Kier alpha value is -6.10. The predicted octanol–water partition coefficient (Wildman–Crippen LogP) is 2.70. The number of rotatable bonds is 13. The minimum absolute atomic E-state index is 0.558. The highest BCUT2D eigenvalue weighted by atomic mass is 16.4. The van der Waals surface area contributed by atoms with Crippen molar-refractivity contribution in [3.63, 3.8) is 0 Å². The van der Waals surface area contributed by atoms with Crippen LogP contribution in [0.2, 0.25) is 0 Å². The molecule has 3 rings (SSSR count). The van der Waals surface area contributed by atoms with E-state index in [0.29, 0.717) is 36.5 Å². The van der Waals surface area contributed by atoms with Gasteiger partial charge in [0, 0.05) is 72.5 Å². The largest absolute Gasteiger partial charge is 0.478 e. The number of anilines is 1. The summed E-state index contributed by atoms with van der Waals surface area (Å²) >= 11 is 0. The Morgan fingerprint density at radius 2 is 1.21 bits per heavy atom. The maximum atomic E-state index is 9.55. The molecule has 0 aliphatic rings. The number of aryl methyl sites for hydroxylation is 1. The Kier molecular flexibility index (Phi) is 19.5. The van der Waals surface area contributed by atoms with E-state index in [0.717, 1.165) is 65.8 Å². The fourth-order valence-electron chi connectivity index (χ4n) is 3.48. The Morgan fingerprint density at radius 3 is 1.62 bits per heavy atom. The van der Waals surface area contributed by atoms with Crippen molar-refractivity contribution in [3.05, 3.63) is 66.7 Å². The van der Waals surface area contributed by atoms with E-state index >= 15 is 0 Å². The number of carboxylic acid groups (broad SMARTS) is 6. The second-order valence-corrected chi connectivity index (χ2v) is 8.92. The molecule has 3 heterocycles. The minimum Gasteiger partial charge on any atom is -0.478 e. The Labute approximate surface area is 268 Å². The fourth-order valence-corrected chi connectivity index (χ4v) is 3.48. The molecule has 0 radical (unpaired) electrons. The van der Waals surface area contributed by atoms with Gasteiger partial charge in [0.15, 0.2) is 0 Å². The highest BCUT2D eigenvalue weighted by molar-refractivity contribution is 6.12. The Balaban J connectivity index is 0.000000727. The molecule has 0 saturated carbocycles. The highest BCUT2D eigenvalue weighted by Crippen LogP contribution is 2.31. The Bertz CT molecular complexity index is 1480. The first-order valence-electron chi connectivity index (χ1n) is 13.7. The van der Waals surface area contributed by atoms with Crippen molar-refractivity contribution in [1.29, 1.82) is 0 Å². The summed E-state index contributed by atoms with van der Waals surface area (Å²) < 4.78 is 0. The molecule has 0 saturated heterocycles. The van der Waals surface area contributed by atoms with Gasteiger partial charge in [0.1, 0.15) is 5.82 Å². The van der Waals surface area contributed by atoms with Crippen LogP contribution < -0.4 is 5.32 Å². The van der Waals surface area contributed by atoms with Crippen molar-refractivity contribution < 1.29 is 59.4 Å². The molecular formula is C30H37N5O12. The van der Waals surface area contributed by atoms with Gasteiger partial charge in [-0.3, -0.25) is 4.98 Å². The smallest absolute Gasteiger partial charge is 0.328 e. The monoisotopic (exact) mass is 659 g/mol. The number of carbonyl (C=O) groups is 6. The molecule has 0 aliphatic carbocycles. The molecule has 0 aromatic carbocycles. The van der Waals surface area contributed by atoms with E-state index in [2.05, 4.69) is 45.9 Å². The van der Waals surface area contributed by atoms with E-state index < -0.39 is 35.8 Å². The maximum absolute atomic E-state index is 9.55. The molecule has 0 bridgehead atoms. The lowest BCUT2D eigenvalue weighted by atomic mass is 10.1. The summed E-state index contributed by atoms with van der Waals surface area (Å²) in [6.45, 7) is 10.8. The van der Waals surface area contributed by atoms with E-state index in [1.54, 1.807) is 0 Å². The molecule has 0 amide bonds. The first-order valence-corrected chi connectivity index (χ1v) is 13.7. The fraction of sp³-hybridized carbons (Fsp3) is 0.267. The molecule has 254 valence electrons. The van der Waals surface area contributed by atoms with Crippen molar-refractivity contribution >= 4 is 63.4 Å². The van der Waals surface area contributed by atoms with Crippen LogP contribution in [0.15, 0.2) is 61.1 Å². The number of carboxylic acids is 6. The van der Waals surface area contributed by atoms with Gasteiger partial charge < -0.3 is 45.8 Å². The molecule has 3 aromatic heterocycles. The molecule has 0 fully saturated rings. The quantitative estimate of drug-likeness (QED) is 0.0966. The number of aliphatic carboxylic acids is 6. The van der Waals surface area contributed by atoms with Crippen LogP contribution in [0.1, 0.15) is 25.8 Å². The number of hydrogen-bond donors (Lipinski definition) is 8. The van der Waals surface area contributed by atoms with Crippen molar-refractivity contribution in [3.8, 4) is 0 Å². The van der Waals surface area contributed by atoms with E-state index in [1.165, 1.54) is 0 Å². The Morgan fingerprint density at radius 1 is 0.766 bits per heavy atom. The molecule has 0 aliphatic heterocycles. The van der Waals surface area contributed by atoms with Crippen LogP contribution in [0.4, 0.5) is 5.82 Å². The lowest BCUT2D eigenvalue weighted by molar-refractivity contribution is -0.134. The molecule has 3 aromatic rings. The number of H-pyrrole nitrogens is 1. The van der Waals surface area contributed by atoms with Gasteiger partial charge in [-0.15, -0.1) is 0 Å². The number of aromatic amines is 1. The molecule has 17 heteroatoms. The standard InChI is InChI=1S/C18H25N5.3C4H4O4/c1-4-23(5-2)10-6-8-20-18-16-14-12-19-9-7-15(14)22-17(16)13(3)11-21-18;3*5-3(6)1-2-4(7)8/h7,9,11-12,22H,4-6,8,10H2,1-3H3,(H,20,21);3*1-2H,(H,5,6)(H,7,8)/b;3*2-1-. The van der Waals surface area contributed by atoms with E-state index in [1.807, 2.05) is 24.7 Å². The normalized spacial score (nSPS) is 10.6. The van der Waals surface area contributed by atoms with Crippen molar-refractivity contribution in [2.24, 2.45) is 0 Å². The summed E-state index contributed by atoms with van der Waals surface area (Å²) in [6, 6.07) is 2.01. The predicted molar refractivity (Wildman–Crippen MR) is 170 cm³/mol. The lowest BCUT2D eigenvalue weighted by Gasteiger charge is -2.18. The molecule has 0 spiro atoms. The van der Waals surface area contributed by atoms with Crippen LogP contribution in [0.25, 0.3) is 21.8 Å². The maximum Gasteiger partial charge on any atom is 0.328 e. The van der Waals surface area contributed by atoms with Gasteiger partial charge in [-0.05, 0) is 44.6 Å². The van der Waals surface area contributed by atoms with Crippen molar-refractivity contribution in [2.75, 3.05) is 31.5 Å². The third kappa shape index (κ3) is 18.3. The van der Waals surface area contributed by atoms with Crippen LogP contribution in [-0.4, -0.2) is 112 Å². The molecule has 8 N–H and O–H groups in total. The number of fused-ring (bicyclic) bond motifs is 3. The first kappa shape index (κ1) is 40.9. The van der Waals surface area contributed by atoms with Crippen LogP contribution in [0, 0.1) is 6.92 Å². The highest BCUT2D eigenvalue weighted by Gasteiger charge is 2.12. The van der Waals surface area contributed by atoms with Crippen LogP contribution in [-0.2, 0) is 28.8 Å². The van der Waals surface area contributed by atoms with E-state index in [4.69, 9.17) is 30.6 Å². The second-order valence-electron chi connectivity index (χ2n) is 8.92. The summed E-state index contributed by atoms with van der Waals surface area (Å²) in [5, 5.41) is 52.7. The van der Waals surface area contributed by atoms with Crippen LogP contribution >= 0.6 is 0 Å². The molecule has 0 atom stereocenters. The summed E-state index contributed by atoms with van der Waals surface area (Å²) in [5.74, 6) is -6.59. The number of nitrogens with zero attached hydrogens (tertiary/aromatic N) is 3. The number of aromatic nitrogens is 3. The second kappa shape index (κ2) is 22.4. The van der Waals surface area contributed by atoms with Crippen LogP contribution in [0.5, 0.6) is 0 Å². The first-order chi connectivity index (χ1) is 22.1. The van der Waals surface area contributed by atoms with Gasteiger partial charge >= 0.3 is 35.8 Å². The van der Waals surface area contributed by atoms with Crippen LogP contribution in [0.3, 0.4) is 0 Å². The number of pyridine rings is 2. The zero-order valence-electron chi connectivity index (χ0n) is 25.8. The zero-order valence-corrected chi connectivity index (χ0v) is 25.8. The topological polar surface area (TPSA) is 281 Å². The van der Waals surface area contributed by atoms with E-state index in [-0.39, 0.29) is 0 Å². The molecule has 0 unspecified atom stereocenters. The van der Waals surface area contributed by atoms with Crippen molar-refractivity contribution in [1.82, 2.24) is 19.9 Å². The van der Waals surface area contributed by atoms with Gasteiger partial charge in [-0.1, -0.05) is 13.8 Å². The third-order valence-electron chi connectivity index (χ3n) is 5.56. The minimum atomic E-state index is -1.26. The number of hydrogen-bond acceptors (Lipinski definition) is 10.